The molecule has 0 bridgehead atoms. The summed E-state index contributed by atoms with van der Waals surface area (Å²) in [6.45, 7) is 0. The highest BCUT2D eigenvalue weighted by Crippen LogP contribution is 2.34. The maximum atomic E-state index is 13.1. The SMILES string of the molecule is O=C(CSc1cccc(NC(=O)c2ccccc2C(=O)O)c1)Nc1ccccc1C(F)(F)F. The number of halogens is 3. The zero-order valence-electron chi connectivity index (χ0n) is 16.8. The lowest BCUT2D eigenvalue weighted by atomic mass is 10.1. The lowest BCUT2D eigenvalue weighted by molar-refractivity contribution is -0.137. The average Bonchev–Trinajstić information content (AvgIpc) is 2.77. The molecule has 0 aromatic heterocycles. The van der Waals surface area contributed by atoms with Crippen LogP contribution in [0.15, 0.2) is 77.7 Å². The average molecular weight is 474 g/mol. The van der Waals surface area contributed by atoms with Gasteiger partial charge in [-0.1, -0.05) is 30.3 Å². The van der Waals surface area contributed by atoms with Crippen molar-refractivity contribution < 1.29 is 32.7 Å². The van der Waals surface area contributed by atoms with Crippen molar-refractivity contribution in [3.8, 4) is 0 Å². The predicted octanol–water partition coefficient (Wildman–Crippen LogP) is 5.39. The quantitative estimate of drug-likeness (QED) is 0.399. The van der Waals surface area contributed by atoms with Crippen LogP contribution in [0.2, 0.25) is 0 Å². The molecule has 0 unspecified atom stereocenters. The Labute approximate surface area is 190 Å². The van der Waals surface area contributed by atoms with Gasteiger partial charge in [-0.15, -0.1) is 11.8 Å². The number of alkyl halides is 3. The van der Waals surface area contributed by atoms with Gasteiger partial charge in [-0.25, -0.2) is 4.79 Å². The third-order valence-electron chi connectivity index (χ3n) is 4.37. The lowest BCUT2D eigenvalue weighted by Crippen LogP contribution is -2.18. The maximum absolute atomic E-state index is 13.1. The summed E-state index contributed by atoms with van der Waals surface area (Å²) in [5, 5.41) is 14.1. The van der Waals surface area contributed by atoms with Crippen molar-refractivity contribution in [2.24, 2.45) is 0 Å². The van der Waals surface area contributed by atoms with E-state index in [4.69, 9.17) is 0 Å². The summed E-state index contributed by atoms with van der Waals surface area (Å²) in [5.41, 5.74) is -1.04. The molecule has 170 valence electrons. The van der Waals surface area contributed by atoms with Crippen LogP contribution in [0.4, 0.5) is 24.5 Å². The number of carbonyl (C=O) groups excluding carboxylic acids is 2. The normalized spacial score (nSPS) is 11.0. The minimum atomic E-state index is -4.59. The molecule has 0 aliphatic carbocycles. The van der Waals surface area contributed by atoms with Crippen LogP contribution >= 0.6 is 11.8 Å². The molecule has 6 nitrogen and oxygen atoms in total. The van der Waals surface area contributed by atoms with Gasteiger partial charge in [0.05, 0.1) is 28.1 Å². The number of amides is 2. The van der Waals surface area contributed by atoms with Crippen molar-refractivity contribution >= 4 is 40.9 Å². The van der Waals surface area contributed by atoms with Crippen molar-refractivity contribution in [3.63, 3.8) is 0 Å². The number of carboxylic acids is 1. The summed E-state index contributed by atoms with van der Waals surface area (Å²) in [6, 6.07) is 16.9. The topological polar surface area (TPSA) is 95.5 Å². The molecule has 3 aromatic rings. The van der Waals surface area contributed by atoms with Crippen LogP contribution in [0.1, 0.15) is 26.3 Å². The first kappa shape index (κ1) is 23.9. The molecular formula is C23H17F3N2O4S. The van der Waals surface area contributed by atoms with Gasteiger partial charge in [0.1, 0.15) is 0 Å². The van der Waals surface area contributed by atoms with Crippen LogP contribution in [0.5, 0.6) is 0 Å². The number of benzene rings is 3. The fourth-order valence-electron chi connectivity index (χ4n) is 2.90. The number of nitrogens with one attached hydrogen (secondary N) is 2. The van der Waals surface area contributed by atoms with Gasteiger partial charge < -0.3 is 15.7 Å². The van der Waals surface area contributed by atoms with Gasteiger partial charge in [0.2, 0.25) is 5.91 Å². The summed E-state index contributed by atoms with van der Waals surface area (Å²) < 4.78 is 39.2. The van der Waals surface area contributed by atoms with Gasteiger partial charge in [-0.2, -0.15) is 13.2 Å². The largest absolute Gasteiger partial charge is 0.478 e. The lowest BCUT2D eigenvalue weighted by Gasteiger charge is -2.13. The number of hydrogen-bond donors (Lipinski definition) is 3. The molecule has 33 heavy (non-hydrogen) atoms. The monoisotopic (exact) mass is 474 g/mol. The van der Waals surface area contributed by atoms with Crippen LogP contribution in [-0.2, 0) is 11.0 Å². The fourth-order valence-corrected chi connectivity index (χ4v) is 3.66. The van der Waals surface area contributed by atoms with E-state index in [0.717, 1.165) is 17.8 Å². The van der Waals surface area contributed by atoms with E-state index in [1.54, 1.807) is 30.3 Å². The highest BCUT2D eigenvalue weighted by atomic mass is 32.2. The molecule has 0 saturated heterocycles. The molecule has 0 radical (unpaired) electrons. The molecule has 0 aliphatic rings. The molecule has 0 atom stereocenters. The number of carbonyl (C=O) groups is 3. The number of rotatable bonds is 7. The van der Waals surface area contributed by atoms with Gasteiger partial charge in [0.15, 0.2) is 0 Å². The van der Waals surface area contributed by atoms with Crippen molar-refractivity contribution in [2.75, 3.05) is 16.4 Å². The van der Waals surface area contributed by atoms with E-state index in [0.29, 0.717) is 10.6 Å². The molecular weight excluding hydrogens is 457 g/mol. The van der Waals surface area contributed by atoms with Gasteiger partial charge in [-0.3, -0.25) is 9.59 Å². The number of thioether (sulfide) groups is 1. The third kappa shape index (κ3) is 6.36. The van der Waals surface area contributed by atoms with E-state index in [9.17, 15) is 32.7 Å². The highest BCUT2D eigenvalue weighted by Gasteiger charge is 2.33. The molecule has 0 aliphatic heterocycles. The standard InChI is InChI=1S/C23H17F3N2O4S/c24-23(25,26)18-10-3-4-11-19(18)28-20(29)13-33-15-7-5-6-14(12-15)27-21(30)16-8-1-2-9-17(16)22(31)32/h1-12H,13H2,(H,27,30)(H,28,29)(H,31,32). The molecule has 3 aromatic carbocycles. The molecule has 3 N–H and O–H groups in total. The molecule has 0 saturated carbocycles. The van der Waals surface area contributed by atoms with Gasteiger partial charge in [0.25, 0.3) is 5.91 Å². The first-order valence-electron chi connectivity index (χ1n) is 9.48. The van der Waals surface area contributed by atoms with E-state index < -0.39 is 29.5 Å². The second-order valence-corrected chi connectivity index (χ2v) is 7.76. The van der Waals surface area contributed by atoms with E-state index >= 15 is 0 Å². The van der Waals surface area contributed by atoms with Gasteiger partial charge in [-0.05, 0) is 42.5 Å². The Kier molecular flexibility index (Phi) is 7.39. The van der Waals surface area contributed by atoms with Crippen molar-refractivity contribution in [1.29, 1.82) is 0 Å². The van der Waals surface area contributed by atoms with Crippen molar-refractivity contribution in [2.45, 2.75) is 11.1 Å². The fraction of sp³-hybridized carbons (Fsp3) is 0.0870. The van der Waals surface area contributed by atoms with Crippen LogP contribution < -0.4 is 10.6 Å². The molecule has 0 heterocycles. The summed E-state index contributed by atoms with van der Waals surface area (Å²) in [5.74, 6) is -2.63. The molecule has 3 rings (SSSR count). The number of para-hydroxylation sites is 1. The number of aromatic carboxylic acids is 1. The molecule has 2 amide bonds. The minimum absolute atomic E-state index is 0.00855. The second-order valence-electron chi connectivity index (χ2n) is 6.71. The zero-order valence-corrected chi connectivity index (χ0v) is 17.7. The number of carboxylic acid groups (broad SMARTS) is 1. The molecule has 0 fully saturated rings. The Balaban J connectivity index is 1.64. The minimum Gasteiger partial charge on any atom is -0.478 e. The van der Waals surface area contributed by atoms with Crippen LogP contribution in [0, 0.1) is 0 Å². The first-order valence-corrected chi connectivity index (χ1v) is 10.5. The Hall–Kier alpha value is -3.79. The first-order chi connectivity index (χ1) is 15.6. The van der Waals surface area contributed by atoms with E-state index in [-0.39, 0.29) is 22.6 Å². The number of anilines is 2. The van der Waals surface area contributed by atoms with E-state index in [1.165, 1.54) is 36.4 Å². The van der Waals surface area contributed by atoms with E-state index in [2.05, 4.69) is 10.6 Å². The smallest absolute Gasteiger partial charge is 0.418 e. The van der Waals surface area contributed by atoms with Crippen molar-refractivity contribution in [1.82, 2.24) is 0 Å². The Morgan fingerprint density at radius 3 is 2.21 bits per heavy atom. The summed E-state index contributed by atoms with van der Waals surface area (Å²) in [4.78, 5) is 36.6. The Bertz CT molecular complexity index is 1200. The van der Waals surface area contributed by atoms with Gasteiger partial charge in [0, 0.05) is 10.6 Å². The number of hydrogen-bond acceptors (Lipinski definition) is 4. The Morgan fingerprint density at radius 2 is 1.52 bits per heavy atom. The third-order valence-corrected chi connectivity index (χ3v) is 5.36. The summed E-state index contributed by atoms with van der Waals surface area (Å²) >= 11 is 1.07. The molecule has 10 heteroatoms. The van der Waals surface area contributed by atoms with E-state index in [1.807, 2.05) is 0 Å². The second kappa shape index (κ2) is 10.2. The van der Waals surface area contributed by atoms with Gasteiger partial charge >= 0.3 is 12.1 Å². The maximum Gasteiger partial charge on any atom is 0.418 e. The van der Waals surface area contributed by atoms with Crippen molar-refractivity contribution in [3.05, 3.63) is 89.5 Å². The summed E-state index contributed by atoms with van der Waals surface area (Å²) in [7, 11) is 0. The highest BCUT2D eigenvalue weighted by molar-refractivity contribution is 8.00. The summed E-state index contributed by atoms with van der Waals surface area (Å²) in [6.07, 6.45) is -4.59. The predicted molar refractivity (Wildman–Crippen MR) is 119 cm³/mol. The Morgan fingerprint density at radius 1 is 0.848 bits per heavy atom. The van der Waals surface area contributed by atoms with Crippen LogP contribution in [-0.4, -0.2) is 28.6 Å². The molecule has 0 spiro atoms. The van der Waals surface area contributed by atoms with Crippen LogP contribution in [0.25, 0.3) is 0 Å². The van der Waals surface area contributed by atoms with Crippen LogP contribution in [0.3, 0.4) is 0 Å². The zero-order chi connectivity index (χ0) is 24.0.